The number of carboxylic acid groups (broad SMARTS) is 1. The molecule has 1 aromatic heterocycles. The van der Waals surface area contributed by atoms with Crippen molar-refractivity contribution < 1.29 is 19.2 Å². The molecule has 1 heterocycles. The van der Waals surface area contributed by atoms with Crippen molar-refractivity contribution in [1.29, 1.82) is 0 Å². The largest absolute Gasteiger partial charge is 0.481 e. The molecule has 0 aromatic carbocycles. The third-order valence-corrected chi connectivity index (χ3v) is 2.89. The third kappa shape index (κ3) is 6.40. The maximum absolute atomic E-state index is 11.8. The number of carboxylic acids is 1. The highest BCUT2D eigenvalue weighted by molar-refractivity contribution is 5.90. The summed E-state index contributed by atoms with van der Waals surface area (Å²) in [6.45, 7) is 6.74. The molecule has 2 N–H and O–H groups in total. The van der Waals surface area contributed by atoms with Gasteiger partial charge in [0.2, 0.25) is 11.8 Å². The molecule has 0 saturated heterocycles. The van der Waals surface area contributed by atoms with Crippen LogP contribution in [0.15, 0.2) is 10.6 Å². The summed E-state index contributed by atoms with van der Waals surface area (Å²) in [6, 6.07) is 1.71. The van der Waals surface area contributed by atoms with Gasteiger partial charge in [-0.05, 0) is 20.0 Å². The average Bonchev–Trinajstić information content (AvgIpc) is 2.76. The number of nitrogens with one attached hydrogen (secondary N) is 1. The molecule has 1 rings (SSSR count). The highest BCUT2D eigenvalue weighted by Crippen LogP contribution is 2.23. The smallest absolute Gasteiger partial charge is 0.303 e. The number of carbonyl (C=O) groups excluding carboxylic acids is 1. The number of carbonyl (C=O) groups is 2. The van der Waals surface area contributed by atoms with Crippen LogP contribution in [0.25, 0.3) is 0 Å². The average molecular weight is 297 g/mol. The number of hydrogen-bond donors (Lipinski definition) is 2. The first-order chi connectivity index (χ1) is 9.68. The summed E-state index contributed by atoms with van der Waals surface area (Å²) in [5.74, 6) is -0.725. The van der Waals surface area contributed by atoms with E-state index in [1.807, 2.05) is 20.8 Å². The molecular formula is C14H23N3O4. The Morgan fingerprint density at radius 2 is 2.10 bits per heavy atom. The van der Waals surface area contributed by atoms with E-state index in [2.05, 4.69) is 10.5 Å². The minimum Gasteiger partial charge on any atom is -0.481 e. The van der Waals surface area contributed by atoms with Gasteiger partial charge in [0.05, 0.1) is 12.2 Å². The van der Waals surface area contributed by atoms with Gasteiger partial charge >= 0.3 is 5.97 Å². The van der Waals surface area contributed by atoms with Gasteiger partial charge in [0.1, 0.15) is 0 Å². The summed E-state index contributed by atoms with van der Waals surface area (Å²) in [5, 5.41) is 15.1. The molecule has 7 nitrogen and oxygen atoms in total. The molecule has 21 heavy (non-hydrogen) atoms. The van der Waals surface area contributed by atoms with Gasteiger partial charge in [0.15, 0.2) is 0 Å². The lowest BCUT2D eigenvalue weighted by Gasteiger charge is -2.14. The summed E-state index contributed by atoms with van der Waals surface area (Å²) in [4.78, 5) is 24.0. The molecule has 0 fully saturated rings. The van der Waals surface area contributed by atoms with Crippen LogP contribution in [0, 0.1) is 0 Å². The molecule has 0 radical (unpaired) electrons. The molecule has 0 bridgehead atoms. The minimum absolute atomic E-state index is 0.100. The fraction of sp³-hybridized carbons (Fsp3) is 0.643. The Kier molecular flexibility index (Phi) is 5.90. The molecule has 1 aromatic rings. The zero-order chi connectivity index (χ0) is 16.0. The zero-order valence-corrected chi connectivity index (χ0v) is 13.0. The van der Waals surface area contributed by atoms with Gasteiger partial charge in [0.25, 0.3) is 0 Å². The predicted molar refractivity (Wildman–Crippen MR) is 78.2 cm³/mol. The molecule has 0 aliphatic carbocycles. The van der Waals surface area contributed by atoms with Crippen molar-refractivity contribution in [3.05, 3.63) is 11.8 Å². The van der Waals surface area contributed by atoms with Crippen molar-refractivity contribution in [2.24, 2.45) is 0 Å². The van der Waals surface area contributed by atoms with Crippen LogP contribution >= 0.6 is 0 Å². The quantitative estimate of drug-likeness (QED) is 0.795. The van der Waals surface area contributed by atoms with Gasteiger partial charge in [0, 0.05) is 17.9 Å². The Morgan fingerprint density at radius 3 is 2.62 bits per heavy atom. The fourth-order valence-electron chi connectivity index (χ4n) is 1.69. The van der Waals surface area contributed by atoms with Crippen LogP contribution in [0.5, 0.6) is 0 Å². The first-order valence-electron chi connectivity index (χ1n) is 6.86. The van der Waals surface area contributed by atoms with E-state index in [1.165, 1.54) is 0 Å². The summed E-state index contributed by atoms with van der Waals surface area (Å²) < 4.78 is 5.08. The molecule has 0 atom stereocenters. The van der Waals surface area contributed by atoms with Gasteiger partial charge in [-0.3, -0.25) is 19.8 Å². The highest BCUT2D eigenvalue weighted by Gasteiger charge is 2.19. The van der Waals surface area contributed by atoms with Crippen LogP contribution in [0.4, 0.5) is 5.88 Å². The van der Waals surface area contributed by atoms with Crippen molar-refractivity contribution in [3.8, 4) is 0 Å². The summed E-state index contributed by atoms with van der Waals surface area (Å²) >= 11 is 0. The number of nitrogens with zero attached hydrogens (tertiary/aromatic N) is 2. The second kappa shape index (κ2) is 7.21. The number of hydrogen-bond acceptors (Lipinski definition) is 5. The lowest BCUT2D eigenvalue weighted by atomic mass is 9.92. The Labute approximate surface area is 124 Å². The molecule has 0 spiro atoms. The third-order valence-electron chi connectivity index (χ3n) is 2.89. The number of rotatable bonds is 7. The van der Waals surface area contributed by atoms with E-state index in [4.69, 9.17) is 9.63 Å². The molecule has 118 valence electrons. The monoisotopic (exact) mass is 297 g/mol. The molecule has 0 aliphatic rings. The topological polar surface area (TPSA) is 95.7 Å². The van der Waals surface area contributed by atoms with Gasteiger partial charge in [-0.2, -0.15) is 0 Å². The Morgan fingerprint density at radius 1 is 1.43 bits per heavy atom. The second-order valence-electron chi connectivity index (χ2n) is 6.11. The van der Waals surface area contributed by atoms with Gasteiger partial charge in [-0.1, -0.05) is 25.9 Å². The molecule has 7 heteroatoms. The van der Waals surface area contributed by atoms with Gasteiger partial charge in [-0.25, -0.2) is 0 Å². The number of anilines is 1. The van der Waals surface area contributed by atoms with E-state index in [1.54, 1.807) is 18.0 Å². The lowest BCUT2D eigenvalue weighted by molar-refractivity contribution is -0.137. The summed E-state index contributed by atoms with van der Waals surface area (Å²) in [5.41, 5.74) is 0.632. The zero-order valence-electron chi connectivity index (χ0n) is 13.0. The summed E-state index contributed by atoms with van der Waals surface area (Å²) in [7, 11) is 1.77. The molecule has 1 amide bonds. The summed E-state index contributed by atoms with van der Waals surface area (Å²) in [6.07, 6.45) is 0.610. The fourth-order valence-corrected chi connectivity index (χ4v) is 1.69. The van der Waals surface area contributed by atoms with Crippen LogP contribution in [0.1, 0.15) is 39.3 Å². The molecule has 0 aliphatic heterocycles. The Bertz CT molecular complexity index is 491. The molecular weight excluding hydrogens is 274 g/mol. The Balaban J connectivity index is 2.39. The van der Waals surface area contributed by atoms with Crippen LogP contribution in [-0.4, -0.2) is 47.2 Å². The van der Waals surface area contributed by atoms with Crippen molar-refractivity contribution in [2.75, 3.05) is 25.5 Å². The van der Waals surface area contributed by atoms with Crippen molar-refractivity contribution in [3.63, 3.8) is 0 Å². The normalized spacial score (nSPS) is 11.7. The Hall–Kier alpha value is -1.89. The van der Waals surface area contributed by atoms with Crippen LogP contribution in [-0.2, 0) is 15.0 Å². The van der Waals surface area contributed by atoms with Crippen LogP contribution in [0.2, 0.25) is 0 Å². The number of amides is 1. The number of likely N-dealkylation sites (N-methyl/N-ethyl adjacent to an activating group) is 1. The first-order valence-corrected chi connectivity index (χ1v) is 6.86. The van der Waals surface area contributed by atoms with Crippen LogP contribution < -0.4 is 5.32 Å². The maximum atomic E-state index is 11.8. The lowest BCUT2D eigenvalue weighted by Crippen LogP contribution is -2.31. The van der Waals surface area contributed by atoms with Crippen LogP contribution in [0.3, 0.4) is 0 Å². The number of aromatic nitrogens is 1. The second-order valence-corrected chi connectivity index (χ2v) is 6.11. The van der Waals surface area contributed by atoms with E-state index in [-0.39, 0.29) is 24.3 Å². The van der Waals surface area contributed by atoms with E-state index < -0.39 is 5.97 Å². The van der Waals surface area contributed by atoms with Gasteiger partial charge < -0.3 is 9.63 Å². The van der Waals surface area contributed by atoms with Gasteiger partial charge in [-0.15, -0.1) is 0 Å². The van der Waals surface area contributed by atoms with E-state index in [9.17, 15) is 9.59 Å². The standard InChI is InChI=1S/C14H23N3O4/c1-14(2,3)10-8-12(21-16-10)15-11(18)9-17(4)7-5-6-13(19)20/h8H,5-7,9H2,1-4H3,(H,15,18)(H,19,20). The van der Waals surface area contributed by atoms with Crippen molar-refractivity contribution >= 4 is 17.8 Å². The first kappa shape index (κ1) is 17.2. The van der Waals surface area contributed by atoms with E-state index in [0.29, 0.717) is 18.8 Å². The maximum Gasteiger partial charge on any atom is 0.303 e. The van der Waals surface area contributed by atoms with Crippen molar-refractivity contribution in [2.45, 2.75) is 39.0 Å². The predicted octanol–water partition coefficient (Wildman–Crippen LogP) is 1.71. The van der Waals surface area contributed by atoms with E-state index in [0.717, 1.165) is 5.69 Å². The number of aliphatic carboxylic acids is 1. The highest BCUT2D eigenvalue weighted by atomic mass is 16.5. The molecule has 0 saturated carbocycles. The molecule has 0 unspecified atom stereocenters. The van der Waals surface area contributed by atoms with E-state index >= 15 is 0 Å². The van der Waals surface area contributed by atoms with Crippen molar-refractivity contribution in [1.82, 2.24) is 10.1 Å². The SMILES string of the molecule is CN(CCCC(=O)O)CC(=O)Nc1cc(C(C)(C)C)no1. The minimum atomic E-state index is -0.829.